The van der Waals surface area contributed by atoms with Crippen molar-refractivity contribution in [3.8, 4) is 0 Å². The van der Waals surface area contributed by atoms with Crippen molar-refractivity contribution in [1.82, 2.24) is 9.88 Å². The van der Waals surface area contributed by atoms with Gasteiger partial charge in [0.05, 0.1) is 12.1 Å². The number of nitrogens with one attached hydrogen (secondary N) is 1. The number of nitrogens with zero attached hydrogens (tertiary/aromatic N) is 1. The van der Waals surface area contributed by atoms with E-state index in [0.29, 0.717) is 12.8 Å². The van der Waals surface area contributed by atoms with E-state index in [9.17, 15) is 18.0 Å². The van der Waals surface area contributed by atoms with Gasteiger partial charge in [0.25, 0.3) is 5.91 Å². The molecule has 1 aromatic rings. The number of aliphatic hydroxyl groups is 1. The van der Waals surface area contributed by atoms with Crippen LogP contribution in [0.2, 0.25) is 0 Å². The second kappa shape index (κ2) is 4.31. The predicted molar refractivity (Wildman–Crippen MR) is 57.0 cm³/mol. The average Bonchev–Trinajstić information content (AvgIpc) is 2.88. The lowest BCUT2D eigenvalue weighted by molar-refractivity contribution is -0.140. The van der Waals surface area contributed by atoms with Crippen molar-refractivity contribution in [2.45, 2.75) is 31.1 Å². The number of aromatic nitrogens is 1. The van der Waals surface area contributed by atoms with Gasteiger partial charge in [-0.3, -0.25) is 4.79 Å². The third-order valence-corrected chi connectivity index (χ3v) is 2.95. The first-order valence-corrected chi connectivity index (χ1v) is 5.50. The summed E-state index contributed by atoms with van der Waals surface area (Å²) in [5.41, 5.74) is -0.684. The number of carbonyl (C=O) groups excluding carboxylic acids is 1. The van der Waals surface area contributed by atoms with E-state index < -0.39 is 24.2 Å². The molecule has 1 fully saturated rings. The molecule has 0 spiro atoms. The summed E-state index contributed by atoms with van der Waals surface area (Å²) in [6.07, 6.45) is -1.87. The largest absolute Gasteiger partial charge is 0.406 e. The third kappa shape index (κ3) is 2.84. The van der Waals surface area contributed by atoms with Gasteiger partial charge in [-0.05, 0) is 25.0 Å². The number of hydrogen-bond acceptors (Lipinski definition) is 2. The minimum atomic E-state index is -4.37. The zero-order valence-electron chi connectivity index (χ0n) is 9.50. The normalized spacial score (nSPS) is 17.6. The zero-order chi connectivity index (χ0) is 13.4. The van der Waals surface area contributed by atoms with Crippen LogP contribution < -0.4 is 5.32 Å². The Morgan fingerprint density at radius 2 is 2.17 bits per heavy atom. The Bertz CT molecular complexity index is 449. The molecule has 18 heavy (non-hydrogen) atoms. The van der Waals surface area contributed by atoms with Crippen LogP contribution >= 0.6 is 0 Å². The fourth-order valence-corrected chi connectivity index (χ4v) is 1.73. The van der Waals surface area contributed by atoms with Crippen LogP contribution in [-0.4, -0.2) is 33.9 Å². The van der Waals surface area contributed by atoms with E-state index in [1.165, 1.54) is 18.3 Å². The van der Waals surface area contributed by atoms with Gasteiger partial charge in [-0.1, -0.05) is 0 Å². The Balaban J connectivity index is 2.09. The van der Waals surface area contributed by atoms with E-state index in [4.69, 9.17) is 5.11 Å². The summed E-state index contributed by atoms with van der Waals surface area (Å²) in [6.45, 7) is -1.40. The smallest absolute Gasteiger partial charge is 0.394 e. The molecule has 0 bridgehead atoms. The van der Waals surface area contributed by atoms with Crippen LogP contribution in [0.4, 0.5) is 13.2 Å². The van der Waals surface area contributed by atoms with Gasteiger partial charge in [-0.2, -0.15) is 13.2 Å². The van der Waals surface area contributed by atoms with E-state index in [-0.39, 0.29) is 12.3 Å². The van der Waals surface area contributed by atoms with Crippen LogP contribution in [0.1, 0.15) is 23.3 Å². The van der Waals surface area contributed by atoms with Gasteiger partial charge in [-0.15, -0.1) is 0 Å². The Morgan fingerprint density at radius 3 is 2.67 bits per heavy atom. The van der Waals surface area contributed by atoms with Gasteiger partial charge in [0, 0.05) is 6.20 Å². The summed E-state index contributed by atoms with van der Waals surface area (Å²) in [5.74, 6) is -0.587. The van der Waals surface area contributed by atoms with Crippen molar-refractivity contribution in [3.63, 3.8) is 0 Å². The van der Waals surface area contributed by atoms with Gasteiger partial charge < -0.3 is 15.0 Å². The van der Waals surface area contributed by atoms with Crippen molar-refractivity contribution in [2.75, 3.05) is 6.61 Å². The number of aliphatic hydroxyl groups excluding tert-OH is 1. The van der Waals surface area contributed by atoms with Gasteiger partial charge in [-0.25, -0.2) is 0 Å². The summed E-state index contributed by atoms with van der Waals surface area (Å²) in [6, 6.07) is 2.72. The molecular formula is C11H13F3N2O2. The first-order valence-electron chi connectivity index (χ1n) is 5.50. The van der Waals surface area contributed by atoms with Crippen LogP contribution in [0.25, 0.3) is 0 Å². The fourth-order valence-electron chi connectivity index (χ4n) is 1.73. The highest BCUT2D eigenvalue weighted by molar-refractivity contribution is 5.93. The molecule has 1 saturated carbocycles. The van der Waals surface area contributed by atoms with E-state index in [1.807, 2.05) is 0 Å². The van der Waals surface area contributed by atoms with E-state index in [0.717, 1.165) is 4.57 Å². The summed E-state index contributed by atoms with van der Waals surface area (Å²) in [7, 11) is 0. The lowest BCUT2D eigenvalue weighted by Crippen LogP contribution is -2.40. The number of rotatable bonds is 4. The Kier molecular flexibility index (Phi) is 3.10. The molecule has 0 unspecified atom stereocenters. The van der Waals surface area contributed by atoms with Gasteiger partial charge in [0.2, 0.25) is 0 Å². The molecule has 1 aliphatic carbocycles. The van der Waals surface area contributed by atoms with Crippen molar-refractivity contribution in [1.29, 1.82) is 0 Å². The Labute approximate surface area is 101 Å². The van der Waals surface area contributed by atoms with Gasteiger partial charge in [0.1, 0.15) is 12.2 Å². The molecule has 0 aromatic carbocycles. The summed E-state index contributed by atoms with van der Waals surface area (Å²) in [4.78, 5) is 11.8. The van der Waals surface area contributed by atoms with Crippen molar-refractivity contribution >= 4 is 5.91 Å². The lowest BCUT2D eigenvalue weighted by Gasteiger charge is -2.16. The second-order valence-corrected chi connectivity index (χ2v) is 4.53. The molecule has 1 aliphatic rings. The molecule has 7 heteroatoms. The van der Waals surface area contributed by atoms with Crippen LogP contribution in [0.3, 0.4) is 0 Å². The highest BCUT2D eigenvalue weighted by Crippen LogP contribution is 2.34. The summed E-state index contributed by atoms with van der Waals surface area (Å²) in [5, 5.41) is 11.6. The Hall–Kier alpha value is -1.50. The SMILES string of the molecule is O=C(NC1(CO)CC1)c1cccn1CC(F)(F)F. The first kappa shape index (κ1) is 12.9. The molecule has 1 aromatic heterocycles. The molecule has 0 aliphatic heterocycles. The average molecular weight is 262 g/mol. The van der Waals surface area contributed by atoms with Crippen LogP contribution in [0.5, 0.6) is 0 Å². The maximum absolute atomic E-state index is 12.3. The van der Waals surface area contributed by atoms with Crippen molar-refractivity contribution in [2.24, 2.45) is 0 Å². The molecule has 1 heterocycles. The highest BCUT2D eigenvalue weighted by Gasteiger charge is 2.44. The second-order valence-electron chi connectivity index (χ2n) is 4.53. The van der Waals surface area contributed by atoms with E-state index >= 15 is 0 Å². The molecule has 2 rings (SSSR count). The van der Waals surface area contributed by atoms with Crippen LogP contribution in [0, 0.1) is 0 Å². The van der Waals surface area contributed by atoms with Crippen LogP contribution in [0.15, 0.2) is 18.3 Å². The number of alkyl halides is 3. The highest BCUT2D eigenvalue weighted by atomic mass is 19.4. The minimum Gasteiger partial charge on any atom is -0.394 e. The number of carbonyl (C=O) groups is 1. The molecule has 0 radical (unpaired) electrons. The number of hydrogen-bond donors (Lipinski definition) is 2. The molecule has 2 N–H and O–H groups in total. The van der Waals surface area contributed by atoms with Crippen molar-refractivity contribution < 1.29 is 23.1 Å². The fraction of sp³-hybridized carbons (Fsp3) is 0.545. The Morgan fingerprint density at radius 1 is 1.50 bits per heavy atom. The van der Waals surface area contributed by atoms with Gasteiger partial charge >= 0.3 is 6.18 Å². The van der Waals surface area contributed by atoms with Crippen LogP contribution in [-0.2, 0) is 6.54 Å². The summed E-state index contributed by atoms with van der Waals surface area (Å²) >= 11 is 0. The maximum Gasteiger partial charge on any atom is 0.406 e. The molecule has 4 nitrogen and oxygen atoms in total. The van der Waals surface area contributed by atoms with Gasteiger partial charge in [0.15, 0.2) is 0 Å². The minimum absolute atomic E-state index is 0.0490. The first-order chi connectivity index (χ1) is 8.35. The number of halogens is 3. The molecule has 1 amide bonds. The van der Waals surface area contributed by atoms with Crippen molar-refractivity contribution in [3.05, 3.63) is 24.0 Å². The van der Waals surface area contributed by atoms with E-state index in [1.54, 1.807) is 0 Å². The maximum atomic E-state index is 12.3. The lowest BCUT2D eigenvalue weighted by atomic mass is 10.2. The molecular weight excluding hydrogens is 249 g/mol. The zero-order valence-corrected chi connectivity index (χ0v) is 9.50. The molecule has 0 atom stereocenters. The standard InChI is InChI=1S/C11H13F3N2O2/c12-11(13,14)6-16-5-1-2-8(16)9(18)15-10(7-17)3-4-10/h1-2,5,17H,3-4,6-7H2,(H,15,18). The quantitative estimate of drug-likeness (QED) is 0.859. The topological polar surface area (TPSA) is 54.3 Å². The monoisotopic (exact) mass is 262 g/mol. The number of amides is 1. The predicted octanol–water partition coefficient (Wildman–Crippen LogP) is 1.31. The van der Waals surface area contributed by atoms with E-state index in [2.05, 4.69) is 5.32 Å². The summed E-state index contributed by atoms with van der Waals surface area (Å²) < 4.78 is 37.7. The molecule has 0 saturated heterocycles. The third-order valence-electron chi connectivity index (χ3n) is 2.95. The molecule has 100 valence electrons.